The maximum absolute atomic E-state index is 12.6. The van der Waals surface area contributed by atoms with Gasteiger partial charge in [0.1, 0.15) is 23.5 Å². The lowest BCUT2D eigenvalue weighted by Crippen LogP contribution is -2.53. The average Bonchev–Trinajstić information content (AvgIpc) is 3.27. The lowest BCUT2D eigenvalue weighted by molar-refractivity contribution is 0.259. The Kier molecular flexibility index (Phi) is 8.52. The fraction of sp³-hybridized carbons (Fsp3) is 0.556. The minimum Gasteiger partial charge on any atom is -0.466 e. The molecule has 2 aromatic rings. The van der Waals surface area contributed by atoms with Crippen LogP contribution in [0.25, 0.3) is 0 Å². The second-order valence-electron chi connectivity index (χ2n) is 6.74. The fourth-order valence-corrected chi connectivity index (χ4v) is 4.62. The Labute approximate surface area is 188 Å². The highest BCUT2D eigenvalue weighted by atomic mass is 127. The Morgan fingerprint density at radius 1 is 1.28 bits per heavy atom. The molecule has 0 aliphatic carbocycles. The maximum atomic E-state index is 12.6. The average molecular weight is 537 g/mol. The number of hydrogen-bond acceptors (Lipinski definition) is 6. The van der Waals surface area contributed by atoms with Gasteiger partial charge in [-0.3, -0.25) is 0 Å². The SMILES string of the molecule is CCNC(=NCc1cc(C)oc1C)N1CCN(S(=O)(=O)Cc2ccon2)CC1.I. The summed E-state index contributed by atoms with van der Waals surface area (Å²) in [5.41, 5.74) is 1.48. The summed E-state index contributed by atoms with van der Waals surface area (Å²) in [4.78, 5) is 6.80. The van der Waals surface area contributed by atoms with Gasteiger partial charge < -0.3 is 19.2 Å². The summed E-state index contributed by atoms with van der Waals surface area (Å²) < 4.78 is 36.9. The molecule has 1 fully saturated rings. The zero-order valence-corrected chi connectivity index (χ0v) is 20.1. The molecule has 0 amide bonds. The van der Waals surface area contributed by atoms with E-state index in [1.807, 2.05) is 26.8 Å². The lowest BCUT2D eigenvalue weighted by Gasteiger charge is -2.35. The quantitative estimate of drug-likeness (QED) is 0.342. The summed E-state index contributed by atoms with van der Waals surface area (Å²) in [6.07, 6.45) is 1.38. The zero-order chi connectivity index (χ0) is 20.1. The van der Waals surface area contributed by atoms with Crippen LogP contribution in [-0.4, -0.2) is 61.5 Å². The van der Waals surface area contributed by atoms with Gasteiger partial charge in [-0.05, 0) is 26.8 Å². The summed E-state index contributed by atoms with van der Waals surface area (Å²) in [5, 5.41) is 6.99. The van der Waals surface area contributed by atoms with E-state index in [1.165, 1.54) is 10.6 Å². The molecule has 0 atom stereocenters. The van der Waals surface area contributed by atoms with Crippen molar-refractivity contribution in [3.05, 3.63) is 41.2 Å². The van der Waals surface area contributed by atoms with Crippen LogP contribution in [0, 0.1) is 13.8 Å². The van der Waals surface area contributed by atoms with Gasteiger partial charge >= 0.3 is 0 Å². The molecule has 29 heavy (non-hydrogen) atoms. The van der Waals surface area contributed by atoms with Crippen molar-refractivity contribution in [2.24, 2.45) is 4.99 Å². The molecule has 1 saturated heterocycles. The van der Waals surface area contributed by atoms with E-state index in [4.69, 9.17) is 13.9 Å². The van der Waals surface area contributed by atoms with E-state index in [9.17, 15) is 8.42 Å². The number of rotatable bonds is 6. The summed E-state index contributed by atoms with van der Waals surface area (Å²) in [5.74, 6) is 2.39. The van der Waals surface area contributed by atoms with Crippen LogP contribution < -0.4 is 5.32 Å². The van der Waals surface area contributed by atoms with Crippen LogP contribution in [0.2, 0.25) is 0 Å². The highest BCUT2D eigenvalue weighted by Gasteiger charge is 2.29. The molecule has 0 radical (unpaired) electrons. The summed E-state index contributed by atoms with van der Waals surface area (Å²) in [6, 6.07) is 3.57. The number of nitrogens with one attached hydrogen (secondary N) is 1. The van der Waals surface area contributed by atoms with Gasteiger partial charge in [0.2, 0.25) is 10.0 Å². The molecule has 1 N–H and O–H groups in total. The number of aryl methyl sites for hydroxylation is 2. The van der Waals surface area contributed by atoms with Crippen molar-refractivity contribution in [3.63, 3.8) is 0 Å². The van der Waals surface area contributed by atoms with Gasteiger partial charge in [-0.2, -0.15) is 4.31 Å². The second-order valence-corrected chi connectivity index (χ2v) is 8.71. The molecule has 0 unspecified atom stereocenters. The van der Waals surface area contributed by atoms with Crippen LogP contribution in [0.1, 0.15) is 29.7 Å². The largest absolute Gasteiger partial charge is 0.466 e. The predicted molar refractivity (Wildman–Crippen MR) is 121 cm³/mol. The Balaban J connectivity index is 0.00000300. The highest BCUT2D eigenvalue weighted by molar-refractivity contribution is 14.0. The zero-order valence-electron chi connectivity index (χ0n) is 16.9. The molecule has 0 spiro atoms. The van der Waals surface area contributed by atoms with Gasteiger partial charge in [-0.1, -0.05) is 5.16 Å². The predicted octanol–water partition coefficient (Wildman–Crippen LogP) is 2.12. The third-order valence-corrected chi connectivity index (χ3v) is 6.44. The van der Waals surface area contributed by atoms with Gasteiger partial charge in [0.25, 0.3) is 0 Å². The molecule has 162 valence electrons. The molecule has 2 aromatic heterocycles. The molecule has 3 heterocycles. The number of hydrogen-bond donors (Lipinski definition) is 1. The molecule has 1 aliphatic heterocycles. The third kappa shape index (κ3) is 6.19. The van der Waals surface area contributed by atoms with Crippen LogP contribution in [0.4, 0.5) is 0 Å². The van der Waals surface area contributed by atoms with E-state index in [0.29, 0.717) is 38.4 Å². The number of piperazine rings is 1. The van der Waals surface area contributed by atoms with Gasteiger partial charge in [0, 0.05) is 44.4 Å². The van der Waals surface area contributed by atoms with Gasteiger partial charge in [-0.15, -0.1) is 24.0 Å². The van der Waals surface area contributed by atoms with E-state index < -0.39 is 10.0 Å². The Morgan fingerprint density at radius 2 is 2.00 bits per heavy atom. The molecule has 1 aliphatic rings. The van der Waals surface area contributed by atoms with Crippen molar-refractivity contribution in [1.29, 1.82) is 0 Å². The maximum Gasteiger partial charge on any atom is 0.220 e. The van der Waals surface area contributed by atoms with E-state index in [-0.39, 0.29) is 29.7 Å². The molecular formula is C18H28IN5O4S. The second kappa shape index (κ2) is 10.4. The molecule has 0 saturated carbocycles. The van der Waals surface area contributed by atoms with Crippen molar-refractivity contribution in [3.8, 4) is 0 Å². The summed E-state index contributed by atoms with van der Waals surface area (Å²) in [7, 11) is -3.41. The number of guanidine groups is 1. The Bertz CT molecular complexity index is 903. The Hall–Kier alpha value is -1.60. The number of aromatic nitrogens is 1. The van der Waals surface area contributed by atoms with Crippen LogP contribution in [0.3, 0.4) is 0 Å². The van der Waals surface area contributed by atoms with E-state index in [0.717, 1.165) is 29.6 Å². The van der Waals surface area contributed by atoms with E-state index in [2.05, 4.69) is 15.4 Å². The van der Waals surface area contributed by atoms with Crippen molar-refractivity contribution in [2.75, 3.05) is 32.7 Å². The number of sulfonamides is 1. The summed E-state index contributed by atoms with van der Waals surface area (Å²) >= 11 is 0. The van der Waals surface area contributed by atoms with Crippen molar-refractivity contribution >= 4 is 40.0 Å². The molecule has 0 aromatic carbocycles. The topological polar surface area (TPSA) is 104 Å². The Morgan fingerprint density at radius 3 is 2.55 bits per heavy atom. The van der Waals surface area contributed by atoms with Gasteiger partial charge in [0.05, 0.1) is 12.2 Å². The van der Waals surface area contributed by atoms with E-state index >= 15 is 0 Å². The number of nitrogens with zero attached hydrogens (tertiary/aromatic N) is 4. The fourth-order valence-electron chi connectivity index (χ4n) is 3.19. The summed E-state index contributed by atoms with van der Waals surface area (Å²) in [6.45, 7) is 9.11. The van der Waals surface area contributed by atoms with Crippen molar-refractivity contribution in [2.45, 2.75) is 33.1 Å². The first-order chi connectivity index (χ1) is 13.4. The molecule has 9 nitrogen and oxygen atoms in total. The minimum absolute atomic E-state index is 0. The number of halogens is 1. The normalized spacial score (nSPS) is 16.0. The van der Waals surface area contributed by atoms with E-state index in [1.54, 1.807) is 6.07 Å². The van der Waals surface area contributed by atoms with Crippen molar-refractivity contribution in [1.82, 2.24) is 19.7 Å². The van der Waals surface area contributed by atoms with Crippen LogP contribution >= 0.6 is 24.0 Å². The minimum atomic E-state index is -3.41. The van der Waals surface area contributed by atoms with Crippen molar-refractivity contribution < 1.29 is 17.4 Å². The molecule has 3 rings (SSSR count). The van der Waals surface area contributed by atoms with Crippen LogP contribution in [-0.2, 0) is 22.3 Å². The first-order valence-corrected chi connectivity index (χ1v) is 11.0. The monoisotopic (exact) mass is 537 g/mol. The molecular weight excluding hydrogens is 509 g/mol. The smallest absolute Gasteiger partial charge is 0.220 e. The lowest BCUT2D eigenvalue weighted by atomic mass is 10.2. The molecule has 11 heteroatoms. The highest BCUT2D eigenvalue weighted by Crippen LogP contribution is 2.16. The molecule has 0 bridgehead atoms. The first kappa shape index (κ1) is 23.7. The third-order valence-electron chi connectivity index (χ3n) is 4.63. The van der Waals surface area contributed by atoms with Gasteiger partial charge in [0.15, 0.2) is 5.96 Å². The number of aliphatic imine (C=N–C) groups is 1. The van der Waals surface area contributed by atoms with Crippen LogP contribution in [0.15, 0.2) is 32.3 Å². The standard InChI is InChI=1S/C18H27N5O4S.HI/c1-4-19-18(20-12-16-11-14(2)27-15(16)3)22-6-8-23(9-7-22)28(24,25)13-17-5-10-26-21-17;/h5,10-11H,4,6-9,12-13H2,1-3H3,(H,19,20);1H. The van der Waals surface area contributed by atoms with Gasteiger partial charge in [-0.25, -0.2) is 13.4 Å². The van der Waals surface area contributed by atoms with Crippen LogP contribution in [0.5, 0.6) is 0 Å². The first-order valence-electron chi connectivity index (χ1n) is 9.35. The number of furan rings is 1.